The Balaban J connectivity index is 0.00000450. The van der Waals surface area contributed by atoms with Gasteiger partial charge < -0.3 is 20.1 Å². The van der Waals surface area contributed by atoms with Crippen LogP contribution in [0.5, 0.6) is 5.75 Å². The summed E-state index contributed by atoms with van der Waals surface area (Å²) in [5, 5.41) is 11.3. The van der Waals surface area contributed by atoms with Gasteiger partial charge in [-0.05, 0) is 56.9 Å². The van der Waals surface area contributed by atoms with E-state index in [0.717, 1.165) is 42.4 Å². The molecule has 0 radical (unpaired) electrons. The van der Waals surface area contributed by atoms with Crippen molar-refractivity contribution in [3.8, 4) is 5.75 Å². The maximum atomic E-state index is 5.75. The van der Waals surface area contributed by atoms with Crippen molar-refractivity contribution in [1.82, 2.24) is 20.4 Å². The molecule has 0 aliphatic heterocycles. The first kappa shape index (κ1) is 26.2. The Bertz CT molecular complexity index is 790. The topological polar surface area (TPSA) is 72.7 Å². The van der Waals surface area contributed by atoms with Gasteiger partial charge in [-0.15, -0.1) is 24.0 Å². The lowest BCUT2D eigenvalue weighted by atomic mass is 10.1. The summed E-state index contributed by atoms with van der Waals surface area (Å²) in [6.45, 7) is 8.45. The number of hydrogen-bond acceptors (Lipinski definition) is 4. The summed E-state index contributed by atoms with van der Waals surface area (Å²) in [6, 6.07) is 8.21. The number of aryl methyl sites for hydroxylation is 2. The van der Waals surface area contributed by atoms with Crippen LogP contribution in [-0.4, -0.2) is 49.1 Å². The lowest BCUT2D eigenvalue weighted by Gasteiger charge is -2.18. The smallest absolute Gasteiger partial charge is 0.191 e. The van der Waals surface area contributed by atoms with Crippen LogP contribution in [0.4, 0.5) is 0 Å². The minimum Gasteiger partial charge on any atom is -0.497 e. The number of benzene rings is 1. The summed E-state index contributed by atoms with van der Waals surface area (Å²) in [7, 11) is 5.45. The predicted octanol–water partition coefficient (Wildman–Crippen LogP) is 3.37. The third kappa shape index (κ3) is 8.14. The highest BCUT2D eigenvalue weighted by Crippen LogP contribution is 2.14. The Morgan fingerprint density at radius 3 is 2.50 bits per heavy atom. The molecule has 30 heavy (non-hydrogen) atoms. The summed E-state index contributed by atoms with van der Waals surface area (Å²) >= 11 is 0. The molecule has 2 N–H and O–H groups in total. The van der Waals surface area contributed by atoms with Gasteiger partial charge in [0.1, 0.15) is 5.75 Å². The molecule has 1 aromatic heterocycles. The van der Waals surface area contributed by atoms with Crippen LogP contribution < -0.4 is 15.4 Å². The number of ether oxygens (including phenoxy) is 2. The van der Waals surface area contributed by atoms with Crippen molar-refractivity contribution < 1.29 is 9.47 Å². The van der Waals surface area contributed by atoms with Crippen LogP contribution in [0.15, 0.2) is 29.3 Å². The molecule has 0 saturated carbocycles. The molecule has 1 heterocycles. The number of nitrogens with one attached hydrogen (secondary N) is 2. The molecular formula is C22H36IN5O2. The molecule has 1 atom stereocenters. The molecule has 0 saturated heterocycles. The van der Waals surface area contributed by atoms with E-state index in [1.807, 2.05) is 36.0 Å². The number of guanidine groups is 1. The number of aliphatic imine (C=N–C) groups is 1. The fourth-order valence-electron chi connectivity index (χ4n) is 3.19. The first-order valence-corrected chi connectivity index (χ1v) is 10.1. The number of methoxy groups -OCH3 is 1. The van der Waals surface area contributed by atoms with Crippen LogP contribution in [0.3, 0.4) is 0 Å². The maximum absolute atomic E-state index is 5.75. The first-order chi connectivity index (χ1) is 13.9. The average Bonchev–Trinajstić information content (AvgIpc) is 2.96. The van der Waals surface area contributed by atoms with Crippen molar-refractivity contribution in [3.63, 3.8) is 0 Å². The largest absolute Gasteiger partial charge is 0.497 e. The van der Waals surface area contributed by atoms with Gasteiger partial charge in [-0.2, -0.15) is 5.10 Å². The molecule has 168 valence electrons. The van der Waals surface area contributed by atoms with E-state index in [2.05, 4.69) is 41.5 Å². The predicted molar refractivity (Wildman–Crippen MR) is 133 cm³/mol. The van der Waals surface area contributed by atoms with Crippen LogP contribution in [0.25, 0.3) is 0 Å². The Kier molecular flexibility index (Phi) is 11.8. The molecule has 0 bridgehead atoms. The van der Waals surface area contributed by atoms with E-state index in [9.17, 15) is 0 Å². The normalized spacial score (nSPS) is 12.3. The second-order valence-corrected chi connectivity index (χ2v) is 7.28. The van der Waals surface area contributed by atoms with E-state index in [4.69, 9.17) is 9.47 Å². The van der Waals surface area contributed by atoms with Gasteiger partial charge in [0.25, 0.3) is 0 Å². The quantitative estimate of drug-likeness (QED) is 0.214. The monoisotopic (exact) mass is 529 g/mol. The van der Waals surface area contributed by atoms with Crippen molar-refractivity contribution in [2.75, 3.05) is 27.3 Å². The SMILES string of the molecule is CN=C(NCCCOCc1ccc(OC)cc1)NC(C)Cc1c(C)nn(C)c1C.I. The van der Waals surface area contributed by atoms with Gasteiger partial charge in [-0.3, -0.25) is 9.67 Å². The van der Waals surface area contributed by atoms with Crippen molar-refractivity contribution >= 4 is 29.9 Å². The molecule has 0 aliphatic rings. The zero-order chi connectivity index (χ0) is 21.2. The van der Waals surface area contributed by atoms with Gasteiger partial charge in [-0.1, -0.05) is 12.1 Å². The van der Waals surface area contributed by atoms with Crippen molar-refractivity contribution in [3.05, 3.63) is 46.8 Å². The zero-order valence-electron chi connectivity index (χ0n) is 19.0. The molecule has 2 rings (SSSR count). The molecule has 7 nitrogen and oxygen atoms in total. The Morgan fingerprint density at radius 1 is 1.23 bits per heavy atom. The maximum Gasteiger partial charge on any atom is 0.191 e. The number of nitrogens with zero attached hydrogens (tertiary/aromatic N) is 3. The van der Waals surface area contributed by atoms with E-state index < -0.39 is 0 Å². The lowest BCUT2D eigenvalue weighted by Crippen LogP contribution is -2.43. The van der Waals surface area contributed by atoms with Gasteiger partial charge in [0.2, 0.25) is 0 Å². The zero-order valence-corrected chi connectivity index (χ0v) is 21.3. The first-order valence-electron chi connectivity index (χ1n) is 10.1. The number of halogens is 1. The summed E-state index contributed by atoms with van der Waals surface area (Å²) < 4.78 is 12.9. The third-order valence-electron chi connectivity index (χ3n) is 4.96. The average molecular weight is 529 g/mol. The van der Waals surface area contributed by atoms with E-state index in [1.54, 1.807) is 14.2 Å². The molecule has 8 heteroatoms. The summed E-state index contributed by atoms with van der Waals surface area (Å²) in [6.07, 6.45) is 1.82. The summed E-state index contributed by atoms with van der Waals surface area (Å²) in [5.41, 5.74) is 4.75. The van der Waals surface area contributed by atoms with Crippen molar-refractivity contribution in [2.45, 2.75) is 46.3 Å². The van der Waals surface area contributed by atoms with Crippen LogP contribution >= 0.6 is 24.0 Å². The van der Waals surface area contributed by atoms with Crippen LogP contribution in [0, 0.1) is 13.8 Å². The van der Waals surface area contributed by atoms with Gasteiger partial charge in [0.15, 0.2) is 5.96 Å². The van der Waals surface area contributed by atoms with E-state index >= 15 is 0 Å². The minimum absolute atomic E-state index is 0. The second kappa shape index (κ2) is 13.5. The summed E-state index contributed by atoms with van der Waals surface area (Å²) in [4.78, 5) is 4.32. The highest BCUT2D eigenvalue weighted by molar-refractivity contribution is 14.0. The van der Waals surface area contributed by atoms with E-state index in [-0.39, 0.29) is 30.0 Å². The molecule has 0 spiro atoms. The summed E-state index contributed by atoms with van der Waals surface area (Å²) in [5.74, 6) is 1.67. The van der Waals surface area contributed by atoms with Gasteiger partial charge in [-0.25, -0.2) is 0 Å². The second-order valence-electron chi connectivity index (χ2n) is 7.28. The molecule has 0 aliphatic carbocycles. The van der Waals surface area contributed by atoms with Crippen molar-refractivity contribution in [1.29, 1.82) is 0 Å². The fraction of sp³-hybridized carbons (Fsp3) is 0.545. The number of hydrogen-bond donors (Lipinski definition) is 2. The Hall–Kier alpha value is -1.81. The fourth-order valence-corrected chi connectivity index (χ4v) is 3.19. The minimum atomic E-state index is 0. The van der Waals surface area contributed by atoms with Crippen molar-refractivity contribution in [2.24, 2.45) is 12.0 Å². The van der Waals surface area contributed by atoms with Crippen LogP contribution in [0.1, 0.15) is 35.9 Å². The van der Waals surface area contributed by atoms with Crippen LogP contribution in [-0.2, 0) is 24.8 Å². The van der Waals surface area contributed by atoms with E-state index in [0.29, 0.717) is 13.2 Å². The highest BCUT2D eigenvalue weighted by atomic mass is 127. The molecule has 0 fully saturated rings. The van der Waals surface area contributed by atoms with Gasteiger partial charge in [0.05, 0.1) is 19.4 Å². The standard InChI is InChI=1S/C22H35N5O2.HI/c1-16(14-21-17(2)26-27(5)18(21)3)25-22(23-4)24-12-7-13-29-15-19-8-10-20(28-6)11-9-19;/h8-11,16H,7,12-15H2,1-6H3,(H2,23,24,25);1H. The molecule has 1 aromatic carbocycles. The Labute approximate surface area is 197 Å². The van der Waals surface area contributed by atoms with Crippen LogP contribution in [0.2, 0.25) is 0 Å². The van der Waals surface area contributed by atoms with E-state index in [1.165, 1.54) is 11.3 Å². The van der Waals surface area contributed by atoms with Gasteiger partial charge >= 0.3 is 0 Å². The molecular weight excluding hydrogens is 493 g/mol. The number of aromatic nitrogens is 2. The highest BCUT2D eigenvalue weighted by Gasteiger charge is 2.13. The van der Waals surface area contributed by atoms with Gasteiger partial charge in [0, 0.05) is 39.0 Å². The third-order valence-corrected chi connectivity index (χ3v) is 4.96. The number of rotatable bonds is 10. The lowest BCUT2D eigenvalue weighted by molar-refractivity contribution is 0.119. The molecule has 1 unspecified atom stereocenters. The molecule has 0 amide bonds. The Morgan fingerprint density at radius 2 is 1.93 bits per heavy atom. The molecule has 2 aromatic rings.